The fourth-order valence-corrected chi connectivity index (χ4v) is 1.15. The van der Waals surface area contributed by atoms with Crippen molar-refractivity contribution in [1.29, 1.82) is 0 Å². The fraction of sp³-hybridized carbons (Fsp3) is 0.182. The average molecular weight is 226 g/mol. The van der Waals surface area contributed by atoms with Crippen molar-refractivity contribution in [3.8, 4) is 0 Å². The molecule has 0 spiro atoms. The van der Waals surface area contributed by atoms with E-state index >= 15 is 0 Å². The van der Waals surface area contributed by atoms with E-state index in [1.165, 1.54) is 12.3 Å². The van der Waals surface area contributed by atoms with Crippen molar-refractivity contribution in [2.45, 2.75) is 6.92 Å². The van der Waals surface area contributed by atoms with Crippen LogP contribution in [-0.4, -0.2) is 12.5 Å². The number of carbonyl (C=O) groups is 1. The Morgan fingerprint density at radius 2 is 2.40 bits per heavy atom. The number of hydrogen-bond acceptors (Lipinski definition) is 2. The Morgan fingerprint density at radius 3 is 3.07 bits per heavy atom. The maximum atomic E-state index is 11.3. The number of halogens is 1. The zero-order valence-corrected chi connectivity index (χ0v) is 9.12. The summed E-state index contributed by atoms with van der Waals surface area (Å²) in [5, 5.41) is 3.24. The quantitative estimate of drug-likeness (QED) is 0.632. The Labute approximate surface area is 93.7 Å². The smallest absolute Gasteiger partial charge is 0.251 e. The standard InChI is InChI=1S/C11H12ClNO2/c1-2-15-7-6-11(14)13-10-5-3-4-9(12)8-10/h3-8H,2H2,1H3,(H,13,14)/b7-6+. The molecule has 1 aromatic carbocycles. The van der Waals surface area contributed by atoms with Gasteiger partial charge in [0.2, 0.25) is 0 Å². The highest BCUT2D eigenvalue weighted by atomic mass is 35.5. The van der Waals surface area contributed by atoms with Crippen molar-refractivity contribution in [3.05, 3.63) is 41.6 Å². The second-order valence-corrected chi connectivity index (χ2v) is 3.19. The Kier molecular flexibility index (Phi) is 4.71. The highest BCUT2D eigenvalue weighted by molar-refractivity contribution is 6.30. The number of benzene rings is 1. The van der Waals surface area contributed by atoms with E-state index in [0.29, 0.717) is 17.3 Å². The average Bonchev–Trinajstić information content (AvgIpc) is 2.18. The molecule has 3 nitrogen and oxygen atoms in total. The van der Waals surface area contributed by atoms with Crippen molar-refractivity contribution < 1.29 is 9.53 Å². The van der Waals surface area contributed by atoms with Gasteiger partial charge >= 0.3 is 0 Å². The van der Waals surface area contributed by atoms with Gasteiger partial charge in [0.1, 0.15) is 0 Å². The molecule has 0 aliphatic rings. The molecule has 0 aromatic heterocycles. The molecule has 1 N–H and O–H groups in total. The van der Waals surface area contributed by atoms with Crippen molar-refractivity contribution >= 4 is 23.2 Å². The topological polar surface area (TPSA) is 38.3 Å². The molecule has 80 valence electrons. The van der Waals surface area contributed by atoms with Gasteiger partial charge in [-0.05, 0) is 25.1 Å². The van der Waals surface area contributed by atoms with Crippen LogP contribution in [0.25, 0.3) is 0 Å². The molecule has 0 aliphatic carbocycles. The van der Waals surface area contributed by atoms with E-state index in [1.807, 2.05) is 6.92 Å². The maximum Gasteiger partial charge on any atom is 0.251 e. The van der Waals surface area contributed by atoms with Crippen LogP contribution >= 0.6 is 11.6 Å². The first-order valence-electron chi connectivity index (χ1n) is 4.57. The zero-order valence-electron chi connectivity index (χ0n) is 8.37. The van der Waals surface area contributed by atoms with Gasteiger partial charge in [-0.2, -0.15) is 0 Å². The molecule has 1 aromatic rings. The van der Waals surface area contributed by atoms with E-state index in [4.69, 9.17) is 16.3 Å². The number of ether oxygens (including phenoxy) is 1. The van der Waals surface area contributed by atoms with Gasteiger partial charge in [0, 0.05) is 16.8 Å². The van der Waals surface area contributed by atoms with Crippen LogP contribution in [0.1, 0.15) is 6.92 Å². The van der Waals surface area contributed by atoms with Crippen molar-refractivity contribution in [1.82, 2.24) is 0 Å². The third kappa shape index (κ3) is 4.51. The first-order valence-corrected chi connectivity index (χ1v) is 4.95. The van der Waals surface area contributed by atoms with Crippen molar-refractivity contribution in [2.75, 3.05) is 11.9 Å². The first-order chi connectivity index (χ1) is 7.22. The lowest BCUT2D eigenvalue weighted by Crippen LogP contribution is -2.07. The van der Waals surface area contributed by atoms with Gasteiger partial charge in [-0.3, -0.25) is 4.79 Å². The summed E-state index contributed by atoms with van der Waals surface area (Å²) in [7, 11) is 0. The first kappa shape index (κ1) is 11.6. The summed E-state index contributed by atoms with van der Waals surface area (Å²) in [6.45, 7) is 2.39. The third-order valence-corrected chi connectivity index (χ3v) is 1.81. The van der Waals surface area contributed by atoms with Crippen LogP contribution < -0.4 is 5.32 Å². The summed E-state index contributed by atoms with van der Waals surface area (Å²) in [6, 6.07) is 6.95. The number of rotatable bonds is 4. The van der Waals surface area contributed by atoms with Crippen LogP contribution in [0.4, 0.5) is 5.69 Å². The minimum absolute atomic E-state index is 0.245. The minimum atomic E-state index is -0.245. The molecule has 15 heavy (non-hydrogen) atoms. The van der Waals surface area contributed by atoms with E-state index in [0.717, 1.165) is 0 Å². The van der Waals surface area contributed by atoms with E-state index in [-0.39, 0.29) is 5.91 Å². The molecule has 0 radical (unpaired) electrons. The molecule has 0 saturated heterocycles. The van der Waals surface area contributed by atoms with E-state index < -0.39 is 0 Å². The molecule has 0 bridgehead atoms. The molecule has 0 aliphatic heterocycles. The van der Waals surface area contributed by atoms with Gasteiger partial charge in [0.05, 0.1) is 12.9 Å². The highest BCUT2D eigenvalue weighted by Crippen LogP contribution is 2.14. The molecule has 0 atom stereocenters. The molecule has 0 unspecified atom stereocenters. The lowest BCUT2D eigenvalue weighted by Gasteiger charge is -2.01. The summed E-state index contributed by atoms with van der Waals surface area (Å²) in [5.41, 5.74) is 0.661. The van der Waals surface area contributed by atoms with Gasteiger partial charge in [0.25, 0.3) is 5.91 Å². The van der Waals surface area contributed by atoms with Crippen LogP contribution in [0.2, 0.25) is 5.02 Å². The predicted molar refractivity (Wildman–Crippen MR) is 60.8 cm³/mol. The highest BCUT2D eigenvalue weighted by Gasteiger charge is 1.97. The molecule has 4 heteroatoms. The predicted octanol–water partition coefficient (Wildman–Crippen LogP) is 2.83. The number of carbonyl (C=O) groups excluding carboxylic acids is 1. The normalized spacial score (nSPS) is 10.3. The molecule has 1 amide bonds. The summed E-state index contributed by atoms with van der Waals surface area (Å²) in [5.74, 6) is -0.245. The molecule has 0 heterocycles. The number of anilines is 1. The summed E-state index contributed by atoms with van der Waals surface area (Å²) in [6.07, 6.45) is 2.68. The second-order valence-electron chi connectivity index (χ2n) is 2.76. The van der Waals surface area contributed by atoms with Crippen molar-refractivity contribution in [3.63, 3.8) is 0 Å². The Morgan fingerprint density at radius 1 is 1.60 bits per heavy atom. The van der Waals surface area contributed by atoms with Gasteiger partial charge in [0.15, 0.2) is 0 Å². The maximum absolute atomic E-state index is 11.3. The molecular weight excluding hydrogens is 214 g/mol. The van der Waals surface area contributed by atoms with Gasteiger partial charge in [-0.1, -0.05) is 17.7 Å². The Balaban J connectivity index is 2.51. The summed E-state index contributed by atoms with van der Waals surface area (Å²) >= 11 is 5.76. The van der Waals surface area contributed by atoms with Gasteiger partial charge in [-0.25, -0.2) is 0 Å². The van der Waals surface area contributed by atoms with Crippen LogP contribution in [0, 0.1) is 0 Å². The fourth-order valence-electron chi connectivity index (χ4n) is 0.956. The van der Waals surface area contributed by atoms with Crippen molar-refractivity contribution in [2.24, 2.45) is 0 Å². The Hall–Kier alpha value is -1.48. The molecular formula is C11H12ClNO2. The monoisotopic (exact) mass is 225 g/mol. The number of hydrogen-bond donors (Lipinski definition) is 1. The lowest BCUT2D eigenvalue weighted by atomic mass is 10.3. The van der Waals surface area contributed by atoms with E-state index in [1.54, 1.807) is 24.3 Å². The van der Waals surface area contributed by atoms with Crippen LogP contribution in [0.15, 0.2) is 36.6 Å². The lowest BCUT2D eigenvalue weighted by molar-refractivity contribution is -0.112. The summed E-state index contributed by atoms with van der Waals surface area (Å²) in [4.78, 5) is 11.3. The number of amides is 1. The minimum Gasteiger partial charge on any atom is -0.501 e. The molecule has 1 rings (SSSR count). The molecule has 0 fully saturated rings. The van der Waals surface area contributed by atoms with Crippen LogP contribution in [0.5, 0.6) is 0 Å². The molecule has 0 saturated carbocycles. The van der Waals surface area contributed by atoms with Gasteiger partial charge in [-0.15, -0.1) is 0 Å². The third-order valence-electron chi connectivity index (χ3n) is 1.57. The van der Waals surface area contributed by atoms with Crippen LogP contribution in [-0.2, 0) is 9.53 Å². The van der Waals surface area contributed by atoms with Crippen LogP contribution in [0.3, 0.4) is 0 Å². The SMILES string of the molecule is CCO/C=C/C(=O)Nc1cccc(Cl)c1. The summed E-state index contributed by atoms with van der Waals surface area (Å²) < 4.78 is 4.90. The Bertz CT molecular complexity index is 363. The zero-order chi connectivity index (χ0) is 11.1. The van der Waals surface area contributed by atoms with Gasteiger partial charge < -0.3 is 10.1 Å². The number of nitrogens with one attached hydrogen (secondary N) is 1. The second kappa shape index (κ2) is 6.09. The largest absolute Gasteiger partial charge is 0.501 e. The van der Waals surface area contributed by atoms with E-state index in [9.17, 15) is 4.79 Å². The van der Waals surface area contributed by atoms with E-state index in [2.05, 4.69) is 5.32 Å².